The second-order valence-corrected chi connectivity index (χ2v) is 1.49. The number of hydrogen-bond acceptors (Lipinski definition) is 1. The monoisotopic (exact) mass is 114 g/mol. The van der Waals surface area contributed by atoms with Crippen LogP contribution in [0.4, 0.5) is 0 Å². The minimum Gasteiger partial charge on any atom is -0.481 e. The van der Waals surface area contributed by atoms with Crippen molar-refractivity contribution in [3.05, 3.63) is 12.3 Å². The molecule has 0 bridgehead atoms. The van der Waals surface area contributed by atoms with Crippen LogP contribution in [-0.2, 0) is 4.79 Å². The molecule has 45 valence electrons. The van der Waals surface area contributed by atoms with E-state index in [2.05, 4.69) is 0 Å². The van der Waals surface area contributed by atoms with Crippen LogP contribution in [0.15, 0.2) is 12.3 Å². The van der Waals surface area contributed by atoms with Crippen LogP contribution < -0.4 is 5.73 Å². The van der Waals surface area contributed by atoms with E-state index in [-0.39, 0.29) is 0 Å². The second kappa shape index (κ2) is 3.07. The van der Waals surface area contributed by atoms with E-state index < -0.39 is 11.9 Å². The molecule has 3 nitrogen and oxygen atoms in total. The third kappa shape index (κ3) is 2.23. The largest absolute Gasteiger partial charge is 0.481 e. The first-order chi connectivity index (χ1) is 3.68. The smallest absolute Gasteiger partial charge is 0.310 e. The van der Waals surface area contributed by atoms with Gasteiger partial charge in [-0.05, 0) is 6.92 Å². The van der Waals surface area contributed by atoms with Crippen molar-refractivity contribution in [2.75, 3.05) is 0 Å². The Labute approximate surface area is 47.8 Å². The molecule has 0 fully saturated rings. The molecule has 0 saturated carbocycles. The molecule has 3 heteroatoms. The second-order valence-electron chi connectivity index (χ2n) is 1.49. The highest BCUT2D eigenvalue weighted by atomic mass is 16.4. The van der Waals surface area contributed by atoms with Crippen LogP contribution in [0.5, 0.6) is 0 Å². The molecular weight excluding hydrogens is 106 g/mol. The van der Waals surface area contributed by atoms with E-state index in [1.54, 1.807) is 0 Å². The summed E-state index contributed by atoms with van der Waals surface area (Å²) in [4.78, 5) is 9.95. The molecule has 1 atom stereocenters. The number of nitrogens with one attached hydrogen (secondary N) is 1. The molecule has 0 aromatic heterocycles. The number of rotatable bonds is 2. The topological polar surface area (TPSA) is 61.1 Å². The quantitative estimate of drug-likeness (QED) is 0.568. The van der Waals surface area contributed by atoms with Gasteiger partial charge in [0.25, 0.3) is 0 Å². The Kier molecular flexibility index (Phi) is 2.69. The molecule has 8 heavy (non-hydrogen) atoms. The average molecular weight is 114 g/mol. The van der Waals surface area contributed by atoms with Gasteiger partial charge in [-0.1, -0.05) is 6.08 Å². The van der Waals surface area contributed by atoms with E-state index in [9.17, 15) is 4.79 Å². The third-order valence-corrected chi connectivity index (χ3v) is 0.774. The molecule has 0 aromatic rings. The van der Waals surface area contributed by atoms with E-state index >= 15 is 0 Å². The molecule has 0 aliphatic rings. The molecule has 0 saturated heterocycles. The van der Waals surface area contributed by atoms with Crippen LogP contribution in [0, 0.1) is 5.92 Å². The zero-order chi connectivity index (χ0) is 6.57. The van der Waals surface area contributed by atoms with Crippen molar-refractivity contribution in [2.45, 2.75) is 6.92 Å². The molecule has 0 heterocycles. The molecule has 2 N–H and O–H groups in total. The Morgan fingerprint density at radius 2 is 2.38 bits per heavy atom. The molecule has 0 rings (SSSR count). The van der Waals surface area contributed by atoms with Gasteiger partial charge in [0.1, 0.15) is 0 Å². The van der Waals surface area contributed by atoms with Crippen molar-refractivity contribution in [1.82, 2.24) is 5.73 Å². The SMILES string of the molecule is CC(C=C[NH])C(=O)O. The maximum absolute atomic E-state index is 9.95. The van der Waals surface area contributed by atoms with Crippen LogP contribution >= 0.6 is 0 Å². The molecule has 0 aliphatic carbocycles. The Morgan fingerprint density at radius 1 is 1.88 bits per heavy atom. The third-order valence-electron chi connectivity index (χ3n) is 0.774. The summed E-state index contributed by atoms with van der Waals surface area (Å²) in [6.07, 6.45) is 2.29. The molecule has 0 aromatic carbocycles. The normalized spacial score (nSPS) is 14.1. The van der Waals surface area contributed by atoms with Gasteiger partial charge >= 0.3 is 5.97 Å². The number of carbonyl (C=O) groups is 1. The zero-order valence-corrected chi connectivity index (χ0v) is 4.59. The van der Waals surface area contributed by atoms with Gasteiger partial charge in [0.15, 0.2) is 0 Å². The number of aliphatic carboxylic acids is 1. The zero-order valence-electron chi connectivity index (χ0n) is 4.59. The average Bonchev–Trinajstić information content (AvgIpc) is 1.67. The Hall–Kier alpha value is -0.990. The Balaban J connectivity index is 3.64. The number of hydrogen-bond donors (Lipinski definition) is 1. The Morgan fingerprint density at radius 3 is 2.50 bits per heavy atom. The van der Waals surface area contributed by atoms with Gasteiger partial charge in [0.05, 0.1) is 5.92 Å². The van der Waals surface area contributed by atoms with Crippen LogP contribution in [0.3, 0.4) is 0 Å². The molecule has 0 spiro atoms. The first-order valence-electron chi connectivity index (χ1n) is 2.25. The standard InChI is InChI=1S/C5H8NO2/c1-4(2-3-6)5(7)8/h2-4,6H,1H3,(H,7,8). The molecule has 0 aliphatic heterocycles. The van der Waals surface area contributed by atoms with Gasteiger partial charge in [0.2, 0.25) is 0 Å². The Bertz CT molecular complexity index is 109. The van der Waals surface area contributed by atoms with Crippen molar-refractivity contribution in [3.63, 3.8) is 0 Å². The number of carboxylic acid groups (broad SMARTS) is 1. The summed E-state index contributed by atoms with van der Waals surface area (Å²) in [5.41, 5.74) is 6.48. The molecule has 0 amide bonds. The van der Waals surface area contributed by atoms with Gasteiger partial charge < -0.3 is 10.8 Å². The fraction of sp³-hybridized carbons (Fsp3) is 0.400. The lowest BCUT2D eigenvalue weighted by Crippen LogP contribution is -2.05. The minimum absolute atomic E-state index is 0.535. The lowest BCUT2D eigenvalue weighted by molar-refractivity contribution is -0.139. The van der Waals surface area contributed by atoms with E-state index in [4.69, 9.17) is 10.8 Å². The summed E-state index contributed by atoms with van der Waals surface area (Å²) in [7, 11) is 0. The first kappa shape index (κ1) is 7.01. The first-order valence-corrected chi connectivity index (χ1v) is 2.25. The predicted molar refractivity (Wildman–Crippen MR) is 29.0 cm³/mol. The molecular formula is C5H8NO2. The highest BCUT2D eigenvalue weighted by Crippen LogP contribution is 1.93. The van der Waals surface area contributed by atoms with Crippen LogP contribution in [0.1, 0.15) is 6.92 Å². The minimum atomic E-state index is -0.895. The van der Waals surface area contributed by atoms with Gasteiger partial charge in [-0.3, -0.25) is 4.79 Å². The maximum atomic E-state index is 9.95. The fourth-order valence-corrected chi connectivity index (χ4v) is 0.227. The summed E-state index contributed by atoms with van der Waals surface area (Å²) in [5.74, 6) is -1.43. The summed E-state index contributed by atoms with van der Waals surface area (Å²) in [6, 6.07) is 0. The highest BCUT2D eigenvalue weighted by molar-refractivity contribution is 5.71. The van der Waals surface area contributed by atoms with Gasteiger partial charge in [-0.15, -0.1) is 0 Å². The highest BCUT2D eigenvalue weighted by Gasteiger charge is 2.03. The van der Waals surface area contributed by atoms with Crippen molar-refractivity contribution < 1.29 is 9.90 Å². The van der Waals surface area contributed by atoms with Crippen molar-refractivity contribution in [3.8, 4) is 0 Å². The van der Waals surface area contributed by atoms with Crippen LogP contribution in [0.2, 0.25) is 0 Å². The van der Waals surface area contributed by atoms with Crippen LogP contribution in [-0.4, -0.2) is 11.1 Å². The van der Waals surface area contributed by atoms with Gasteiger partial charge in [0, 0.05) is 6.20 Å². The van der Waals surface area contributed by atoms with Gasteiger partial charge in [-0.2, -0.15) is 0 Å². The molecule has 1 radical (unpaired) electrons. The fourth-order valence-electron chi connectivity index (χ4n) is 0.227. The van der Waals surface area contributed by atoms with E-state index in [1.165, 1.54) is 13.0 Å². The lowest BCUT2D eigenvalue weighted by Gasteiger charge is -1.93. The summed E-state index contributed by atoms with van der Waals surface area (Å²) < 4.78 is 0. The van der Waals surface area contributed by atoms with E-state index in [0.717, 1.165) is 6.20 Å². The van der Waals surface area contributed by atoms with Crippen LogP contribution in [0.25, 0.3) is 0 Å². The predicted octanol–water partition coefficient (Wildman–Crippen LogP) is 0.504. The lowest BCUT2D eigenvalue weighted by atomic mass is 10.2. The number of carboxylic acids is 1. The van der Waals surface area contributed by atoms with E-state index in [1.807, 2.05) is 0 Å². The molecule has 1 unspecified atom stereocenters. The van der Waals surface area contributed by atoms with Gasteiger partial charge in [-0.25, -0.2) is 0 Å². The van der Waals surface area contributed by atoms with Crippen molar-refractivity contribution >= 4 is 5.97 Å². The van der Waals surface area contributed by atoms with Crippen molar-refractivity contribution in [1.29, 1.82) is 0 Å². The summed E-state index contributed by atoms with van der Waals surface area (Å²) >= 11 is 0. The van der Waals surface area contributed by atoms with E-state index in [0.29, 0.717) is 0 Å². The van der Waals surface area contributed by atoms with Crippen molar-refractivity contribution in [2.24, 2.45) is 5.92 Å². The maximum Gasteiger partial charge on any atom is 0.310 e. The summed E-state index contributed by atoms with van der Waals surface area (Å²) in [5, 5.41) is 8.18. The summed E-state index contributed by atoms with van der Waals surface area (Å²) in [6.45, 7) is 1.52.